The molecular formula is C19H18N2O2S. The van der Waals surface area contributed by atoms with Gasteiger partial charge in [-0.25, -0.2) is 8.42 Å². The minimum atomic E-state index is -3.14. The summed E-state index contributed by atoms with van der Waals surface area (Å²) in [6.45, 7) is 0. The molecule has 2 heterocycles. The van der Waals surface area contributed by atoms with E-state index in [-0.39, 0.29) is 29.5 Å². The monoisotopic (exact) mass is 338 g/mol. The van der Waals surface area contributed by atoms with E-state index < -0.39 is 9.84 Å². The lowest BCUT2D eigenvalue weighted by Gasteiger charge is -2.28. The zero-order chi connectivity index (χ0) is 16.6. The van der Waals surface area contributed by atoms with Gasteiger partial charge in [-0.1, -0.05) is 66.7 Å². The number of hydrogen-bond donors (Lipinski definition) is 0. The number of benzene rings is 2. The summed E-state index contributed by atoms with van der Waals surface area (Å²) in [6.07, 6.45) is 1.96. The van der Waals surface area contributed by atoms with Gasteiger partial charge in [0.15, 0.2) is 9.84 Å². The van der Waals surface area contributed by atoms with Crippen molar-refractivity contribution in [3.63, 3.8) is 0 Å². The van der Waals surface area contributed by atoms with Crippen LogP contribution in [0.1, 0.15) is 17.2 Å². The fourth-order valence-corrected chi connectivity index (χ4v) is 5.40. The minimum absolute atomic E-state index is 0.0730. The predicted octanol–water partition coefficient (Wildman–Crippen LogP) is 3.69. The maximum atomic E-state index is 12.4. The molecule has 2 aliphatic rings. The highest BCUT2D eigenvalue weighted by molar-refractivity contribution is 7.91. The Labute approximate surface area is 141 Å². The number of nitrogens with zero attached hydrogens (tertiary/aromatic N) is 2. The van der Waals surface area contributed by atoms with Crippen LogP contribution in [0.3, 0.4) is 0 Å². The van der Waals surface area contributed by atoms with E-state index in [2.05, 4.69) is 10.2 Å². The quantitative estimate of drug-likeness (QED) is 0.838. The summed E-state index contributed by atoms with van der Waals surface area (Å²) in [7, 11) is -3.14. The molecule has 0 amide bonds. The SMILES string of the molecule is O=S1(=O)CC(=Cc2ccccc2)C2N=NC(c3ccccc3)C2C1. The first kappa shape index (κ1) is 15.3. The summed E-state index contributed by atoms with van der Waals surface area (Å²) in [5.41, 5.74) is 2.88. The van der Waals surface area contributed by atoms with Gasteiger partial charge in [0.1, 0.15) is 6.04 Å². The first-order valence-electron chi connectivity index (χ1n) is 8.03. The van der Waals surface area contributed by atoms with E-state index in [1.54, 1.807) is 0 Å². The molecule has 5 heteroatoms. The number of fused-ring (bicyclic) bond motifs is 1. The van der Waals surface area contributed by atoms with Crippen LogP contribution in [0.15, 0.2) is 76.5 Å². The topological polar surface area (TPSA) is 58.9 Å². The van der Waals surface area contributed by atoms with Gasteiger partial charge in [-0.2, -0.15) is 10.2 Å². The molecule has 24 heavy (non-hydrogen) atoms. The van der Waals surface area contributed by atoms with E-state index in [9.17, 15) is 8.42 Å². The summed E-state index contributed by atoms with van der Waals surface area (Å²) in [6, 6.07) is 19.3. The van der Waals surface area contributed by atoms with Crippen LogP contribution in [0, 0.1) is 5.92 Å². The molecule has 0 aliphatic carbocycles. The van der Waals surface area contributed by atoms with Crippen molar-refractivity contribution < 1.29 is 8.42 Å². The average molecular weight is 338 g/mol. The molecule has 122 valence electrons. The zero-order valence-electron chi connectivity index (χ0n) is 13.1. The summed E-state index contributed by atoms with van der Waals surface area (Å²) in [5, 5.41) is 8.88. The normalized spacial score (nSPS) is 29.5. The van der Waals surface area contributed by atoms with Crippen LogP contribution < -0.4 is 0 Å². The number of azo groups is 1. The summed E-state index contributed by atoms with van der Waals surface area (Å²) >= 11 is 0. The maximum absolute atomic E-state index is 12.4. The van der Waals surface area contributed by atoms with Crippen LogP contribution in [0.25, 0.3) is 6.08 Å². The highest BCUT2D eigenvalue weighted by atomic mass is 32.2. The van der Waals surface area contributed by atoms with Crippen LogP contribution >= 0.6 is 0 Å². The lowest BCUT2D eigenvalue weighted by Crippen LogP contribution is -2.37. The van der Waals surface area contributed by atoms with Crippen molar-refractivity contribution in [1.82, 2.24) is 0 Å². The first-order chi connectivity index (χ1) is 11.6. The molecule has 0 saturated carbocycles. The molecule has 0 bridgehead atoms. The Morgan fingerprint density at radius 1 is 0.875 bits per heavy atom. The van der Waals surface area contributed by atoms with Crippen molar-refractivity contribution in [2.24, 2.45) is 16.1 Å². The van der Waals surface area contributed by atoms with Crippen LogP contribution in [0.4, 0.5) is 0 Å². The van der Waals surface area contributed by atoms with E-state index in [0.29, 0.717) is 0 Å². The lowest BCUT2D eigenvalue weighted by atomic mass is 9.86. The molecule has 0 spiro atoms. The number of rotatable bonds is 2. The van der Waals surface area contributed by atoms with E-state index in [1.165, 1.54) is 0 Å². The average Bonchev–Trinajstić information content (AvgIpc) is 2.99. The summed E-state index contributed by atoms with van der Waals surface area (Å²) < 4.78 is 24.9. The number of sulfone groups is 1. The second-order valence-electron chi connectivity index (χ2n) is 6.38. The second-order valence-corrected chi connectivity index (χ2v) is 8.49. The molecule has 0 aromatic heterocycles. The van der Waals surface area contributed by atoms with Crippen molar-refractivity contribution >= 4 is 15.9 Å². The van der Waals surface area contributed by atoms with Gasteiger partial charge in [-0.15, -0.1) is 0 Å². The standard InChI is InChI=1S/C19H18N2O2S/c22-24(23)12-16(11-14-7-3-1-4-8-14)19-17(13-24)18(20-21-19)15-9-5-2-6-10-15/h1-11,17-19H,12-13H2. The molecule has 2 aromatic carbocycles. The van der Waals surface area contributed by atoms with Gasteiger partial charge in [0.2, 0.25) is 0 Å². The smallest absolute Gasteiger partial charge is 0.154 e. The molecular weight excluding hydrogens is 320 g/mol. The second kappa shape index (κ2) is 5.98. The Kier molecular flexibility index (Phi) is 3.81. The Hall–Kier alpha value is -2.27. The fourth-order valence-electron chi connectivity index (χ4n) is 3.56. The fraction of sp³-hybridized carbons (Fsp3) is 0.263. The molecule has 3 atom stereocenters. The van der Waals surface area contributed by atoms with Crippen molar-refractivity contribution in [1.29, 1.82) is 0 Å². The van der Waals surface area contributed by atoms with Crippen molar-refractivity contribution in [2.75, 3.05) is 11.5 Å². The van der Waals surface area contributed by atoms with Crippen LogP contribution in [0.2, 0.25) is 0 Å². The molecule has 4 nitrogen and oxygen atoms in total. The minimum Gasteiger partial charge on any atom is -0.228 e. The van der Waals surface area contributed by atoms with Crippen molar-refractivity contribution in [3.8, 4) is 0 Å². The molecule has 1 saturated heterocycles. The molecule has 1 fully saturated rings. The molecule has 0 N–H and O–H groups in total. The molecule has 4 rings (SSSR count). The summed E-state index contributed by atoms with van der Waals surface area (Å²) in [5.74, 6) is 0.112. The van der Waals surface area contributed by atoms with E-state index in [0.717, 1.165) is 16.7 Å². The summed E-state index contributed by atoms with van der Waals surface area (Å²) in [4.78, 5) is 0. The van der Waals surface area contributed by atoms with E-state index in [1.807, 2.05) is 66.7 Å². The van der Waals surface area contributed by atoms with E-state index in [4.69, 9.17) is 0 Å². The highest BCUT2D eigenvalue weighted by Gasteiger charge is 2.45. The van der Waals surface area contributed by atoms with Crippen molar-refractivity contribution in [2.45, 2.75) is 12.1 Å². The van der Waals surface area contributed by atoms with Gasteiger partial charge in [0.05, 0.1) is 17.5 Å². The first-order valence-corrected chi connectivity index (χ1v) is 9.85. The van der Waals surface area contributed by atoms with Gasteiger partial charge in [-0.3, -0.25) is 0 Å². The van der Waals surface area contributed by atoms with Crippen LogP contribution in [-0.4, -0.2) is 26.0 Å². The number of hydrogen-bond acceptors (Lipinski definition) is 4. The Morgan fingerprint density at radius 2 is 1.50 bits per heavy atom. The van der Waals surface area contributed by atoms with Crippen molar-refractivity contribution in [3.05, 3.63) is 77.4 Å². The van der Waals surface area contributed by atoms with Gasteiger partial charge in [0.25, 0.3) is 0 Å². The largest absolute Gasteiger partial charge is 0.228 e. The van der Waals surface area contributed by atoms with Gasteiger partial charge >= 0.3 is 0 Å². The van der Waals surface area contributed by atoms with Gasteiger partial charge in [0, 0.05) is 5.92 Å². The Morgan fingerprint density at radius 3 is 2.21 bits per heavy atom. The third kappa shape index (κ3) is 2.91. The van der Waals surface area contributed by atoms with Crippen LogP contribution in [-0.2, 0) is 9.84 Å². The Bertz CT molecular complexity index is 889. The molecule has 2 aliphatic heterocycles. The molecule has 2 aromatic rings. The third-order valence-electron chi connectivity index (χ3n) is 4.63. The Balaban J connectivity index is 1.72. The van der Waals surface area contributed by atoms with E-state index >= 15 is 0 Å². The van der Waals surface area contributed by atoms with Gasteiger partial charge in [-0.05, 0) is 16.7 Å². The van der Waals surface area contributed by atoms with Crippen LogP contribution in [0.5, 0.6) is 0 Å². The zero-order valence-corrected chi connectivity index (χ0v) is 13.9. The lowest BCUT2D eigenvalue weighted by molar-refractivity contribution is 0.467. The predicted molar refractivity (Wildman–Crippen MR) is 94.4 cm³/mol. The van der Waals surface area contributed by atoms with Gasteiger partial charge < -0.3 is 0 Å². The molecule has 0 radical (unpaired) electrons. The maximum Gasteiger partial charge on any atom is 0.154 e. The highest BCUT2D eigenvalue weighted by Crippen LogP contribution is 2.43. The third-order valence-corrected chi connectivity index (χ3v) is 6.30. The molecule has 3 unspecified atom stereocenters.